The monoisotopic (exact) mass is 767 g/mol. The molecule has 0 saturated carbocycles. The number of carbonyl (C=O) groups excluding carboxylic acids is 3. The number of aliphatic hydroxyl groups is 1. The van der Waals surface area contributed by atoms with Crippen molar-refractivity contribution in [3.8, 4) is 5.75 Å². The number of amides is 2. The Morgan fingerprint density at radius 1 is 0.929 bits per heavy atom. The van der Waals surface area contributed by atoms with Crippen molar-refractivity contribution in [2.24, 2.45) is 5.92 Å². The zero-order valence-electron chi connectivity index (χ0n) is 32.7. The van der Waals surface area contributed by atoms with Gasteiger partial charge in [-0.1, -0.05) is 36.4 Å². The third-order valence-corrected chi connectivity index (χ3v) is 11.6. The van der Waals surface area contributed by atoms with Crippen LogP contribution in [0.4, 0.5) is 5.69 Å². The Hall–Kier alpha value is -5.04. The van der Waals surface area contributed by atoms with Gasteiger partial charge < -0.3 is 40.7 Å². The van der Waals surface area contributed by atoms with E-state index >= 15 is 0 Å². The van der Waals surface area contributed by atoms with Gasteiger partial charge >= 0.3 is 5.97 Å². The van der Waals surface area contributed by atoms with Gasteiger partial charge in [0.1, 0.15) is 12.0 Å². The molecule has 4 aliphatic rings. The van der Waals surface area contributed by atoms with Gasteiger partial charge in [-0.15, -0.1) is 0 Å². The lowest BCUT2D eigenvalue weighted by atomic mass is 9.73. The van der Waals surface area contributed by atoms with Gasteiger partial charge in [0, 0.05) is 56.5 Å². The Kier molecular flexibility index (Phi) is 15.2. The number of aliphatic hydroxyl groups excluding tert-OH is 1. The molecule has 4 aliphatic heterocycles. The maximum Gasteiger partial charge on any atom is 0.314 e. The third kappa shape index (κ3) is 10.2. The Balaban J connectivity index is 0.000000656. The number of hydrogen-bond donors (Lipinski definition) is 5. The van der Waals surface area contributed by atoms with E-state index < -0.39 is 17.5 Å². The predicted molar refractivity (Wildman–Crippen MR) is 218 cm³/mol. The zero-order valence-corrected chi connectivity index (χ0v) is 32.7. The maximum atomic E-state index is 13.3. The van der Waals surface area contributed by atoms with E-state index in [0.717, 1.165) is 11.5 Å². The van der Waals surface area contributed by atoms with Crippen molar-refractivity contribution in [2.45, 2.75) is 57.0 Å². The summed E-state index contributed by atoms with van der Waals surface area (Å²) in [7, 11) is 1.64. The quantitative estimate of drug-likeness (QED) is 0.0603. The molecule has 5 N–H and O–H groups in total. The molecule has 12 heteroatoms. The summed E-state index contributed by atoms with van der Waals surface area (Å²) < 4.78 is 0. The van der Waals surface area contributed by atoms with Crippen LogP contribution in [-0.2, 0) is 15.0 Å². The molecule has 1 atom stereocenters. The lowest BCUT2D eigenvalue weighted by molar-refractivity contribution is -0.145. The fraction of sp³-hybridized carbons (Fsp3) is 0.455. The van der Waals surface area contributed by atoms with Gasteiger partial charge in [-0.05, 0) is 131 Å². The Labute approximate surface area is 330 Å². The lowest BCUT2D eigenvalue weighted by Gasteiger charge is -2.39. The van der Waals surface area contributed by atoms with E-state index in [1.54, 1.807) is 47.2 Å². The SMILES string of the molecule is C1CN2CCC1CC2.CCN(CCCNCC(O)c1ccc(O)c(NC)c1/C=C\C=O)C(=O)c1ccc(C(=O)N2CCC(C(=O)O)(c3ccccc3)CC2)cc1. The largest absolute Gasteiger partial charge is 0.506 e. The minimum absolute atomic E-state index is 0.00668. The van der Waals surface area contributed by atoms with Crippen LogP contribution in [-0.4, -0.2) is 120 Å². The summed E-state index contributed by atoms with van der Waals surface area (Å²) in [4.78, 5) is 55.7. The molecule has 0 radical (unpaired) electrons. The molecule has 56 heavy (non-hydrogen) atoms. The Morgan fingerprint density at radius 3 is 2.11 bits per heavy atom. The number of fused-ring (bicyclic) bond motifs is 3. The number of hydrogen-bond acceptors (Lipinski definition) is 9. The van der Waals surface area contributed by atoms with E-state index in [1.165, 1.54) is 57.1 Å². The topological polar surface area (TPSA) is 163 Å². The first-order valence-electron chi connectivity index (χ1n) is 19.9. The van der Waals surface area contributed by atoms with Gasteiger partial charge in [0.15, 0.2) is 0 Å². The summed E-state index contributed by atoms with van der Waals surface area (Å²) >= 11 is 0. The molecule has 1 unspecified atom stereocenters. The fourth-order valence-corrected chi connectivity index (χ4v) is 8.10. The number of benzene rings is 3. The predicted octanol–water partition coefficient (Wildman–Crippen LogP) is 5.18. The van der Waals surface area contributed by atoms with Gasteiger partial charge in [-0.25, -0.2) is 0 Å². The number of anilines is 1. The maximum absolute atomic E-state index is 13.3. The van der Waals surface area contributed by atoms with E-state index in [4.69, 9.17) is 0 Å². The molecule has 3 aromatic carbocycles. The van der Waals surface area contributed by atoms with Crippen molar-refractivity contribution in [2.75, 3.05) is 71.3 Å². The second kappa shape index (κ2) is 20.2. The minimum atomic E-state index is -1.02. The number of phenols is 1. The molecule has 0 aliphatic carbocycles. The van der Waals surface area contributed by atoms with Crippen LogP contribution in [0.15, 0.2) is 72.8 Å². The number of aliphatic carboxylic acids is 1. The number of phenolic OH excluding ortho intramolecular Hbond substituents is 1. The first-order chi connectivity index (χ1) is 27.1. The van der Waals surface area contributed by atoms with E-state index in [-0.39, 0.29) is 24.1 Å². The molecule has 4 saturated heterocycles. The molecule has 0 spiro atoms. The highest BCUT2D eigenvalue weighted by atomic mass is 16.4. The number of carbonyl (C=O) groups is 4. The van der Waals surface area contributed by atoms with Crippen LogP contribution in [0.1, 0.15) is 89.0 Å². The third-order valence-electron chi connectivity index (χ3n) is 11.6. The van der Waals surface area contributed by atoms with Crippen molar-refractivity contribution >= 4 is 35.8 Å². The van der Waals surface area contributed by atoms with Crippen LogP contribution < -0.4 is 10.6 Å². The lowest BCUT2D eigenvalue weighted by Crippen LogP contribution is -2.49. The van der Waals surface area contributed by atoms with Crippen LogP contribution in [0.25, 0.3) is 6.08 Å². The minimum Gasteiger partial charge on any atom is -0.506 e. The van der Waals surface area contributed by atoms with E-state index in [0.29, 0.717) is 86.2 Å². The number of allylic oxidation sites excluding steroid dienone is 1. The van der Waals surface area contributed by atoms with E-state index in [1.807, 2.05) is 37.3 Å². The number of aldehydes is 1. The number of likely N-dealkylation sites (tertiary alicyclic amines) is 1. The normalized spacial score (nSPS) is 19.1. The molecule has 0 aromatic heterocycles. The van der Waals surface area contributed by atoms with Crippen LogP contribution in [0, 0.1) is 5.92 Å². The second-order valence-electron chi connectivity index (χ2n) is 14.9. The molecule has 3 aromatic rings. The van der Waals surface area contributed by atoms with Crippen molar-refractivity contribution in [1.82, 2.24) is 20.0 Å². The summed E-state index contributed by atoms with van der Waals surface area (Å²) in [5.74, 6) is -0.109. The average molecular weight is 768 g/mol. The van der Waals surface area contributed by atoms with Gasteiger partial charge in [0.25, 0.3) is 11.8 Å². The van der Waals surface area contributed by atoms with Crippen LogP contribution >= 0.6 is 0 Å². The highest BCUT2D eigenvalue weighted by Gasteiger charge is 2.44. The van der Waals surface area contributed by atoms with Crippen molar-refractivity contribution in [3.05, 3.63) is 101 Å². The van der Waals surface area contributed by atoms with Gasteiger partial charge in [-0.2, -0.15) is 0 Å². The van der Waals surface area contributed by atoms with Gasteiger partial charge in [0.2, 0.25) is 0 Å². The number of nitrogens with one attached hydrogen (secondary N) is 2. The van der Waals surface area contributed by atoms with Crippen LogP contribution in [0.5, 0.6) is 5.75 Å². The fourth-order valence-electron chi connectivity index (χ4n) is 8.10. The number of nitrogens with zero attached hydrogens (tertiary/aromatic N) is 3. The van der Waals surface area contributed by atoms with Gasteiger partial charge in [0.05, 0.1) is 17.2 Å². The highest BCUT2D eigenvalue weighted by Crippen LogP contribution is 2.37. The number of rotatable bonds is 15. The second-order valence-corrected chi connectivity index (χ2v) is 14.9. The molecule has 2 amide bonds. The zero-order chi connectivity index (χ0) is 40.1. The Morgan fingerprint density at radius 2 is 1.57 bits per heavy atom. The molecule has 12 nitrogen and oxygen atoms in total. The summed E-state index contributed by atoms with van der Waals surface area (Å²) in [6.45, 7) is 8.46. The van der Waals surface area contributed by atoms with Crippen LogP contribution in [0.3, 0.4) is 0 Å². The summed E-state index contributed by atoms with van der Waals surface area (Å²) in [5, 5.41) is 37.2. The first kappa shape index (κ1) is 42.1. The molecule has 7 rings (SSSR count). The van der Waals surface area contributed by atoms with E-state index in [9.17, 15) is 34.5 Å². The Bertz CT molecular complexity index is 1780. The summed E-state index contributed by atoms with van der Waals surface area (Å²) in [6.07, 6.45) is 8.30. The summed E-state index contributed by atoms with van der Waals surface area (Å²) in [6, 6.07) is 18.9. The molecule has 2 bridgehead atoms. The van der Waals surface area contributed by atoms with Crippen molar-refractivity contribution < 1.29 is 34.5 Å². The summed E-state index contributed by atoms with van der Waals surface area (Å²) in [5.41, 5.74) is 2.13. The average Bonchev–Trinajstić information content (AvgIpc) is 3.24. The number of piperidine rings is 4. The number of carboxylic acids is 1. The van der Waals surface area contributed by atoms with Crippen molar-refractivity contribution in [3.63, 3.8) is 0 Å². The standard InChI is InChI=1S/C37H44N4O7.C7H13N/c1-3-40(21-8-20-39-25-32(44)29-16-17-31(43)33(38-2)30(29)11-7-24-42)34(45)26-12-14-27(15-13-26)35(46)41-22-18-37(19-23-41,36(47)48)28-9-5-4-6-10-28;1-4-8-5-2-7(1)3-6-8/h4-7,9-17,24,32,38-39,43-44H,3,8,18-23,25H2,1-2H3,(H,47,48);7H,1-6H2/b11-7-;. The van der Waals surface area contributed by atoms with Crippen molar-refractivity contribution in [1.29, 1.82) is 0 Å². The molecule has 300 valence electrons. The smallest absolute Gasteiger partial charge is 0.314 e. The molecule has 4 heterocycles. The molecular formula is C44H57N5O7. The highest BCUT2D eigenvalue weighted by molar-refractivity contribution is 5.98. The molecular weight excluding hydrogens is 711 g/mol. The number of carboxylic acid groups (broad SMARTS) is 1. The first-order valence-corrected chi connectivity index (χ1v) is 19.9. The molecule has 4 fully saturated rings. The van der Waals surface area contributed by atoms with E-state index in [2.05, 4.69) is 15.5 Å². The van der Waals surface area contributed by atoms with Gasteiger partial charge in [-0.3, -0.25) is 19.2 Å². The van der Waals surface area contributed by atoms with Crippen LogP contribution in [0.2, 0.25) is 0 Å². The number of aromatic hydroxyl groups is 1.